The third-order valence-corrected chi connectivity index (χ3v) is 8.51. The summed E-state index contributed by atoms with van der Waals surface area (Å²) in [6.45, 7) is 4.79. The monoisotopic (exact) mass is 485 g/mol. The van der Waals surface area contributed by atoms with E-state index in [9.17, 15) is 13.2 Å². The Balaban J connectivity index is 1.36. The molecule has 1 fully saturated rings. The SMILES string of the molecule is Cc1cc(S(=O)(=O)N2CCN(C(=O)c3ccc(COc4ccccc4C#N)o3)CC2)c(C)s1. The molecular weight excluding hydrogens is 462 g/mol. The molecule has 0 spiro atoms. The lowest BCUT2D eigenvalue weighted by molar-refractivity contribution is 0.0662. The smallest absolute Gasteiger partial charge is 0.289 e. The van der Waals surface area contributed by atoms with Crippen LogP contribution in [-0.2, 0) is 16.6 Å². The number of rotatable bonds is 6. The molecule has 1 saturated heterocycles. The van der Waals surface area contributed by atoms with Crippen LogP contribution < -0.4 is 4.74 Å². The molecule has 10 heteroatoms. The zero-order valence-electron chi connectivity index (χ0n) is 18.3. The van der Waals surface area contributed by atoms with Crippen molar-refractivity contribution in [2.75, 3.05) is 26.2 Å². The van der Waals surface area contributed by atoms with Gasteiger partial charge in [-0.2, -0.15) is 9.57 Å². The van der Waals surface area contributed by atoms with Crippen molar-refractivity contribution < 1.29 is 22.4 Å². The van der Waals surface area contributed by atoms with Gasteiger partial charge in [0, 0.05) is 35.9 Å². The first-order chi connectivity index (χ1) is 15.8. The predicted molar refractivity (Wildman–Crippen MR) is 123 cm³/mol. The van der Waals surface area contributed by atoms with Gasteiger partial charge in [0.2, 0.25) is 10.0 Å². The van der Waals surface area contributed by atoms with Gasteiger partial charge in [0.15, 0.2) is 5.76 Å². The van der Waals surface area contributed by atoms with Crippen molar-refractivity contribution in [1.29, 1.82) is 5.26 Å². The number of para-hydroxylation sites is 1. The number of benzene rings is 1. The average Bonchev–Trinajstić information content (AvgIpc) is 3.43. The standard InChI is InChI=1S/C23H23N3O5S2/c1-16-13-22(17(2)32-16)33(28,29)26-11-9-25(10-12-26)23(27)21-8-7-19(31-21)15-30-20-6-4-3-5-18(20)14-24/h3-8,13H,9-12,15H2,1-2H3. The minimum atomic E-state index is -3.58. The Labute approximate surface area is 196 Å². The molecule has 33 heavy (non-hydrogen) atoms. The molecule has 0 unspecified atom stereocenters. The molecule has 8 nitrogen and oxygen atoms in total. The number of sulfonamides is 1. The van der Waals surface area contributed by atoms with Crippen molar-refractivity contribution in [3.05, 3.63) is 69.3 Å². The van der Waals surface area contributed by atoms with Crippen LogP contribution in [-0.4, -0.2) is 49.7 Å². The van der Waals surface area contributed by atoms with E-state index < -0.39 is 10.0 Å². The van der Waals surface area contributed by atoms with E-state index >= 15 is 0 Å². The first-order valence-electron chi connectivity index (χ1n) is 10.4. The molecule has 0 atom stereocenters. The number of amides is 1. The number of nitriles is 1. The van der Waals surface area contributed by atoms with Crippen LogP contribution in [0, 0.1) is 25.2 Å². The van der Waals surface area contributed by atoms with Gasteiger partial charge in [0.05, 0.1) is 10.5 Å². The summed E-state index contributed by atoms with van der Waals surface area (Å²) in [5.41, 5.74) is 0.418. The highest BCUT2D eigenvalue weighted by molar-refractivity contribution is 7.89. The van der Waals surface area contributed by atoms with Gasteiger partial charge in [-0.25, -0.2) is 8.42 Å². The first-order valence-corrected chi connectivity index (χ1v) is 12.6. The molecule has 0 saturated carbocycles. The Kier molecular flexibility index (Phi) is 6.56. The van der Waals surface area contributed by atoms with Gasteiger partial charge in [-0.3, -0.25) is 4.79 Å². The van der Waals surface area contributed by atoms with E-state index in [2.05, 4.69) is 6.07 Å². The summed E-state index contributed by atoms with van der Waals surface area (Å²) in [7, 11) is -3.58. The van der Waals surface area contributed by atoms with Crippen molar-refractivity contribution in [1.82, 2.24) is 9.21 Å². The average molecular weight is 486 g/mol. The number of furan rings is 1. The number of carbonyl (C=O) groups excluding carboxylic acids is 1. The molecule has 0 bridgehead atoms. The lowest BCUT2D eigenvalue weighted by atomic mass is 10.2. The van der Waals surface area contributed by atoms with E-state index in [1.54, 1.807) is 54.3 Å². The maximum atomic E-state index is 13.0. The normalized spacial score (nSPS) is 14.8. The molecule has 0 N–H and O–H groups in total. The molecule has 1 aliphatic heterocycles. The Morgan fingerprint density at radius 3 is 2.55 bits per heavy atom. The number of thiophene rings is 1. The second kappa shape index (κ2) is 9.39. The molecular formula is C23H23N3O5S2. The summed E-state index contributed by atoms with van der Waals surface area (Å²) in [6.07, 6.45) is 0. The number of hydrogen-bond donors (Lipinski definition) is 0. The van der Waals surface area contributed by atoms with Crippen molar-refractivity contribution >= 4 is 27.3 Å². The quantitative estimate of drug-likeness (QED) is 0.529. The number of hydrogen-bond acceptors (Lipinski definition) is 7. The van der Waals surface area contributed by atoms with E-state index in [1.807, 2.05) is 6.92 Å². The van der Waals surface area contributed by atoms with Gasteiger partial charge in [0.1, 0.15) is 24.2 Å². The fraction of sp³-hybridized carbons (Fsp3) is 0.304. The highest BCUT2D eigenvalue weighted by Crippen LogP contribution is 2.28. The van der Waals surface area contributed by atoms with Gasteiger partial charge in [-0.05, 0) is 44.2 Å². The van der Waals surface area contributed by atoms with E-state index in [-0.39, 0.29) is 44.5 Å². The Morgan fingerprint density at radius 1 is 1.15 bits per heavy atom. The van der Waals surface area contributed by atoms with Crippen LogP contribution >= 0.6 is 11.3 Å². The number of aryl methyl sites for hydroxylation is 2. The van der Waals surface area contributed by atoms with Crippen LogP contribution in [0.25, 0.3) is 0 Å². The Morgan fingerprint density at radius 2 is 1.88 bits per heavy atom. The number of ether oxygens (including phenoxy) is 1. The molecule has 3 aromatic rings. The topological polar surface area (TPSA) is 104 Å². The minimum absolute atomic E-state index is 0.0808. The Bertz CT molecular complexity index is 1310. The number of piperazine rings is 1. The van der Waals surface area contributed by atoms with Gasteiger partial charge in [0.25, 0.3) is 5.91 Å². The van der Waals surface area contributed by atoms with Crippen LogP contribution in [0.2, 0.25) is 0 Å². The summed E-state index contributed by atoms with van der Waals surface area (Å²) in [6, 6.07) is 13.9. The van der Waals surface area contributed by atoms with Gasteiger partial charge >= 0.3 is 0 Å². The summed E-state index contributed by atoms with van der Waals surface area (Å²) in [5.74, 6) is 0.773. The van der Waals surface area contributed by atoms with E-state index in [0.717, 1.165) is 9.75 Å². The maximum absolute atomic E-state index is 13.0. The molecule has 1 amide bonds. The molecule has 4 rings (SSSR count). The molecule has 1 aliphatic rings. The van der Waals surface area contributed by atoms with Gasteiger partial charge in [-0.1, -0.05) is 12.1 Å². The fourth-order valence-electron chi connectivity index (χ4n) is 3.69. The highest BCUT2D eigenvalue weighted by Gasteiger charge is 2.32. The van der Waals surface area contributed by atoms with E-state index in [0.29, 0.717) is 22.0 Å². The third kappa shape index (κ3) is 4.80. The molecule has 0 aliphatic carbocycles. The number of carbonyl (C=O) groups is 1. The van der Waals surface area contributed by atoms with Crippen LogP contribution in [0.15, 0.2) is 51.8 Å². The second-order valence-corrected chi connectivity index (χ2v) is 11.0. The van der Waals surface area contributed by atoms with Gasteiger partial charge < -0.3 is 14.1 Å². The number of nitrogens with zero attached hydrogens (tertiary/aromatic N) is 3. The van der Waals surface area contributed by atoms with Crippen LogP contribution in [0.4, 0.5) is 0 Å². The summed E-state index contributed by atoms with van der Waals surface area (Å²) in [5, 5.41) is 9.14. The zero-order chi connectivity index (χ0) is 23.6. The summed E-state index contributed by atoms with van der Waals surface area (Å²) < 4.78 is 38.7. The Hall–Kier alpha value is -3.13. The predicted octanol–water partition coefficient (Wildman–Crippen LogP) is 3.56. The molecule has 0 radical (unpaired) electrons. The van der Waals surface area contributed by atoms with E-state index in [4.69, 9.17) is 14.4 Å². The van der Waals surface area contributed by atoms with Crippen molar-refractivity contribution in [3.63, 3.8) is 0 Å². The molecule has 2 aromatic heterocycles. The van der Waals surface area contributed by atoms with Crippen molar-refractivity contribution in [2.45, 2.75) is 25.3 Å². The summed E-state index contributed by atoms with van der Waals surface area (Å²) in [4.78, 5) is 16.5. The molecule has 1 aromatic carbocycles. The van der Waals surface area contributed by atoms with Gasteiger partial charge in [-0.15, -0.1) is 11.3 Å². The maximum Gasteiger partial charge on any atom is 0.289 e. The fourth-order valence-corrected chi connectivity index (χ4v) is 6.64. The first kappa shape index (κ1) is 23.0. The largest absolute Gasteiger partial charge is 0.484 e. The van der Waals surface area contributed by atoms with Crippen molar-refractivity contribution in [3.8, 4) is 11.8 Å². The van der Waals surface area contributed by atoms with Crippen molar-refractivity contribution in [2.24, 2.45) is 0 Å². The van der Waals surface area contributed by atoms with Crippen LogP contribution in [0.1, 0.15) is 31.6 Å². The summed E-state index contributed by atoms with van der Waals surface area (Å²) >= 11 is 1.46. The van der Waals surface area contributed by atoms with E-state index in [1.165, 1.54) is 15.6 Å². The molecule has 172 valence electrons. The van der Waals surface area contributed by atoms with Crippen LogP contribution in [0.5, 0.6) is 5.75 Å². The zero-order valence-corrected chi connectivity index (χ0v) is 19.9. The molecule has 3 heterocycles. The minimum Gasteiger partial charge on any atom is -0.484 e. The highest BCUT2D eigenvalue weighted by atomic mass is 32.2. The lowest BCUT2D eigenvalue weighted by Crippen LogP contribution is -2.50. The van der Waals surface area contributed by atoms with Crippen LogP contribution in [0.3, 0.4) is 0 Å². The third-order valence-electron chi connectivity index (χ3n) is 5.39. The lowest BCUT2D eigenvalue weighted by Gasteiger charge is -2.33. The second-order valence-electron chi connectivity index (χ2n) is 7.64.